The summed E-state index contributed by atoms with van der Waals surface area (Å²) in [5, 5.41) is 2.86. The van der Waals surface area contributed by atoms with E-state index in [1.807, 2.05) is 37.3 Å². The monoisotopic (exact) mass is 407 g/mol. The minimum atomic E-state index is -3.37. The number of imide groups is 1. The highest BCUT2D eigenvalue weighted by Gasteiger charge is 2.56. The van der Waals surface area contributed by atoms with Crippen LogP contribution < -0.4 is 10.2 Å². The van der Waals surface area contributed by atoms with Crippen LogP contribution in [-0.2, 0) is 20.6 Å². The molecule has 1 aromatic carbocycles. The summed E-state index contributed by atoms with van der Waals surface area (Å²) in [5.74, 6) is 0.0891. The predicted octanol–water partition coefficient (Wildman–Crippen LogP) is -0.605. The van der Waals surface area contributed by atoms with Gasteiger partial charge in [-0.2, -0.15) is 4.31 Å². The summed E-state index contributed by atoms with van der Waals surface area (Å²) in [6.45, 7) is 4.05. The normalized spacial score (nSPS) is 27.2. The molecule has 0 radical (unpaired) electrons. The van der Waals surface area contributed by atoms with Gasteiger partial charge in [-0.25, -0.2) is 18.1 Å². The largest absolute Gasteiger partial charge is 0.329 e. The molecule has 4 rings (SSSR count). The van der Waals surface area contributed by atoms with Gasteiger partial charge in [0, 0.05) is 0 Å². The first kappa shape index (κ1) is 19.4. The standard InChI is InChI=1S/C19H26N4O4S/c1-19(16-7-8-16)17(24)23(18(25)20-19)14-21-9-11-22(12-10-21)28(26,27)13-15-5-3-2-4-6-15/h2-6,16H,7-14H2,1H3,(H,20,25)/p+1/t19-/m1/s1. The first-order chi connectivity index (χ1) is 13.3. The molecular weight excluding hydrogens is 380 g/mol. The van der Waals surface area contributed by atoms with Gasteiger partial charge in [0.05, 0.1) is 31.9 Å². The Hall–Kier alpha value is -1.97. The third-order valence-electron chi connectivity index (χ3n) is 6.09. The van der Waals surface area contributed by atoms with Crippen LogP contribution in [-0.4, -0.2) is 67.9 Å². The van der Waals surface area contributed by atoms with Gasteiger partial charge in [-0.1, -0.05) is 30.3 Å². The molecule has 2 heterocycles. The van der Waals surface area contributed by atoms with E-state index in [4.69, 9.17) is 0 Å². The number of nitrogens with one attached hydrogen (secondary N) is 2. The Kier molecular flexibility index (Phi) is 4.93. The average Bonchev–Trinajstić information content (AvgIpc) is 3.49. The summed E-state index contributed by atoms with van der Waals surface area (Å²) < 4.78 is 26.8. The zero-order valence-corrected chi connectivity index (χ0v) is 16.9. The Morgan fingerprint density at radius 1 is 1.14 bits per heavy atom. The molecular formula is C19H27N4O4S+. The molecule has 152 valence electrons. The lowest BCUT2D eigenvalue weighted by atomic mass is 9.96. The number of quaternary nitrogens is 1. The number of amides is 3. The maximum Gasteiger partial charge on any atom is 0.329 e. The van der Waals surface area contributed by atoms with E-state index in [1.165, 1.54) is 9.21 Å². The van der Waals surface area contributed by atoms with E-state index >= 15 is 0 Å². The van der Waals surface area contributed by atoms with Crippen LogP contribution in [0.15, 0.2) is 30.3 Å². The number of carbonyl (C=O) groups excluding carboxylic acids is 2. The van der Waals surface area contributed by atoms with Gasteiger partial charge in [0.25, 0.3) is 5.91 Å². The van der Waals surface area contributed by atoms with Crippen molar-refractivity contribution in [2.24, 2.45) is 5.92 Å². The number of hydrogen-bond donors (Lipinski definition) is 2. The maximum atomic E-state index is 12.7. The van der Waals surface area contributed by atoms with Crippen molar-refractivity contribution in [1.82, 2.24) is 14.5 Å². The minimum absolute atomic E-state index is 0.00403. The number of carbonyl (C=O) groups is 2. The van der Waals surface area contributed by atoms with Gasteiger partial charge in [-0.3, -0.25) is 4.79 Å². The quantitative estimate of drug-likeness (QED) is 0.616. The van der Waals surface area contributed by atoms with Gasteiger partial charge in [-0.15, -0.1) is 0 Å². The highest BCUT2D eigenvalue weighted by molar-refractivity contribution is 7.88. The molecule has 1 aromatic rings. The fourth-order valence-corrected chi connectivity index (χ4v) is 5.67. The Morgan fingerprint density at radius 3 is 2.39 bits per heavy atom. The highest BCUT2D eigenvalue weighted by atomic mass is 32.2. The van der Waals surface area contributed by atoms with Crippen molar-refractivity contribution < 1.29 is 22.9 Å². The van der Waals surface area contributed by atoms with Gasteiger partial charge >= 0.3 is 6.03 Å². The van der Waals surface area contributed by atoms with Crippen molar-refractivity contribution in [3.8, 4) is 0 Å². The fraction of sp³-hybridized carbons (Fsp3) is 0.579. The van der Waals surface area contributed by atoms with Crippen molar-refractivity contribution in [3.63, 3.8) is 0 Å². The summed E-state index contributed by atoms with van der Waals surface area (Å²) in [4.78, 5) is 27.4. The number of rotatable bonds is 6. The molecule has 1 aliphatic carbocycles. The van der Waals surface area contributed by atoms with Gasteiger partial charge < -0.3 is 10.2 Å². The summed E-state index contributed by atoms with van der Waals surface area (Å²) >= 11 is 0. The van der Waals surface area contributed by atoms with Crippen LogP contribution >= 0.6 is 0 Å². The molecule has 0 spiro atoms. The van der Waals surface area contributed by atoms with Crippen LogP contribution in [0.1, 0.15) is 25.3 Å². The number of benzene rings is 1. The molecule has 2 aliphatic heterocycles. The first-order valence-electron chi connectivity index (χ1n) is 9.79. The van der Waals surface area contributed by atoms with Crippen LogP contribution in [0.25, 0.3) is 0 Å². The van der Waals surface area contributed by atoms with Gasteiger partial charge in [-0.05, 0) is 31.2 Å². The van der Waals surface area contributed by atoms with Crippen LogP contribution in [0.5, 0.6) is 0 Å². The van der Waals surface area contributed by atoms with Crippen molar-refractivity contribution in [2.45, 2.75) is 31.1 Å². The van der Waals surface area contributed by atoms with Crippen LogP contribution in [0, 0.1) is 5.92 Å². The summed E-state index contributed by atoms with van der Waals surface area (Å²) in [6.07, 6.45) is 1.95. The number of piperazine rings is 1. The lowest BCUT2D eigenvalue weighted by Crippen LogP contribution is -3.16. The zero-order chi connectivity index (χ0) is 19.9. The van der Waals surface area contributed by atoms with Crippen molar-refractivity contribution in [3.05, 3.63) is 35.9 Å². The van der Waals surface area contributed by atoms with Crippen molar-refractivity contribution in [2.75, 3.05) is 32.8 Å². The molecule has 28 heavy (non-hydrogen) atoms. The van der Waals surface area contributed by atoms with E-state index in [0.29, 0.717) is 32.8 Å². The Balaban J connectivity index is 1.33. The maximum absolute atomic E-state index is 12.7. The molecule has 8 nitrogen and oxygen atoms in total. The summed E-state index contributed by atoms with van der Waals surface area (Å²) in [6, 6.07) is 8.83. The average molecular weight is 408 g/mol. The van der Waals surface area contributed by atoms with E-state index in [1.54, 1.807) is 0 Å². The van der Waals surface area contributed by atoms with E-state index < -0.39 is 15.6 Å². The van der Waals surface area contributed by atoms with E-state index in [-0.39, 0.29) is 23.6 Å². The topological polar surface area (TPSA) is 91.2 Å². The molecule has 3 fully saturated rings. The zero-order valence-electron chi connectivity index (χ0n) is 16.1. The number of urea groups is 1. The summed E-state index contributed by atoms with van der Waals surface area (Å²) in [5.41, 5.74) is 0.00755. The summed E-state index contributed by atoms with van der Waals surface area (Å²) in [7, 11) is -3.37. The highest BCUT2D eigenvalue weighted by Crippen LogP contribution is 2.42. The fourth-order valence-electron chi connectivity index (χ4n) is 4.14. The second-order valence-electron chi connectivity index (χ2n) is 8.19. The third-order valence-corrected chi connectivity index (χ3v) is 7.94. The molecule has 2 saturated heterocycles. The van der Waals surface area contributed by atoms with Gasteiger partial charge in [0.2, 0.25) is 10.0 Å². The number of nitrogens with zero attached hydrogens (tertiary/aromatic N) is 2. The Morgan fingerprint density at radius 2 is 1.79 bits per heavy atom. The SMILES string of the molecule is C[C@]1(C2CC2)NC(=O)N(C[NH+]2CCN(S(=O)(=O)Cc3ccccc3)CC2)C1=O. The lowest BCUT2D eigenvalue weighted by Gasteiger charge is -2.33. The number of sulfonamides is 1. The molecule has 2 N–H and O–H groups in total. The Bertz CT molecular complexity index is 863. The van der Waals surface area contributed by atoms with Crippen LogP contribution in [0.4, 0.5) is 4.79 Å². The molecule has 0 unspecified atom stereocenters. The molecule has 9 heteroatoms. The van der Waals surface area contributed by atoms with Gasteiger partial charge in [0.1, 0.15) is 5.54 Å². The predicted molar refractivity (Wildman–Crippen MR) is 103 cm³/mol. The molecule has 1 saturated carbocycles. The van der Waals surface area contributed by atoms with E-state index in [0.717, 1.165) is 23.3 Å². The Labute approximate surface area is 165 Å². The minimum Gasteiger partial charge on any atom is -0.323 e. The molecule has 3 amide bonds. The molecule has 0 aromatic heterocycles. The van der Waals surface area contributed by atoms with Crippen molar-refractivity contribution >= 4 is 22.0 Å². The second-order valence-corrected chi connectivity index (χ2v) is 10.2. The smallest absolute Gasteiger partial charge is 0.323 e. The molecule has 3 aliphatic rings. The second kappa shape index (κ2) is 7.13. The lowest BCUT2D eigenvalue weighted by molar-refractivity contribution is -0.910. The van der Waals surface area contributed by atoms with Crippen molar-refractivity contribution in [1.29, 1.82) is 0 Å². The molecule has 1 atom stereocenters. The van der Waals surface area contributed by atoms with E-state index in [9.17, 15) is 18.0 Å². The molecule has 0 bridgehead atoms. The number of hydrogen-bond acceptors (Lipinski definition) is 4. The third kappa shape index (κ3) is 3.66. The first-order valence-corrected chi connectivity index (χ1v) is 11.4. The van der Waals surface area contributed by atoms with Crippen LogP contribution in [0.2, 0.25) is 0 Å². The van der Waals surface area contributed by atoms with E-state index in [2.05, 4.69) is 5.32 Å². The van der Waals surface area contributed by atoms with Crippen LogP contribution in [0.3, 0.4) is 0 Å². The van der Waals surface area contributed by atoms with Gasteiger partial charge in [0.15, 0.2) is 6.67 Å².